The Morgan fingerprint density at radius 3 is 2.27 bits per heavy atom. The molecule has 0 aliphatic heterocycles. The summed E-state index contributed by atoms with van der Waals surface area (Å²) in [5.74, 6) is 0. The van der Waals surface area contributed by atoms with Crippen LogP contribution in [0.25, 0.3) is 0 Å². The van der Waals surface area contributed by atoms with Crippen molar-refractivity contribution in [3.8, 4) is 0 Å². The van der Waals surface area contributed by atoms with E-state index in [0.717, 1.165) is 0 Å². The van der Waals surface area contributed by atoms with Crippen LogP contribution in [0, 0.1) is 0 Å². The second-order valence-electron chi connectivity index (χ2n) is 2.60. The van der Waals surface area contributed by atoms with E-state index in [0.29, 0.717) is 0 Å². The van der Waals surface area contributed by atoms with E-state index in [1.54, 1.807) is 6.55 Å². The fourth-order valence-electron chi connectivity index (χ4n) is 0.488. The Morgan fingerprint density at radius 1 is 1.55 bits per heavy atom. The third kappa shape index (κ3) is 6.44. The highest BCUT2D eigenvalue weighted by atomic mass is 35.6. The van der Waals surface area contributed by atoms with Crippen LogP contribution in [0.15, 0.2) is 12.3 Å². The minimum Gasteiger partial charge on any atom is -0.171 e. The van der Waals surface area contributed by atoms with Gasteiger partial charge in [0.2, 0.25) is 0 Å². The summed E-state index contributed by atoms with van der Waals surface area (Å²) in [5, 5.41) is 0. The van der Waals surface area contributed by atoms with Crippen molar-refractivity contribution in [2.75, 3.05) is 0 Å². The van der Waals surface area contributed by atoms with Crippen molar-refractivity contribution in [3.05, 3.63) is 12.3 Å². The Morgan fingerprint density at radius 2 is 2.00 bits per heavy atom. The molecule has 0 aromatic heterocycles. The van der Waals surface area contributed by atoms with Gasteiger partial charge in [-0.1, -0.05) is 12.2 Å². The molecule has 0 fully saturated rings. The molecule has 0 aromatic carbocycles. The monoisotopic (exact) mass is 202 g/mol. The second-order valence-corrected chi connectivity index (χ2v) is 8.65. The third-order valence-electron chi connectivity index (χ3n) is 1.32. The summed E-state index contributed by atoms with van der Waals surface area (Å²) in [6.07, 6.45) is -4.89. The lowest BCUT2D eigenvalue weighted by Gasteiger charge is -2.14. The number of hydrogen-bond donors (Lipinski definition) is 0. The van der Waals surface area contributed by atoms with E-state index < -0.39 is 20.0 Å². The van der Waals surface area contributed by atoms with Crippen LogP contribution < -0.4 is 0 Å². The highest BCUT2D eigenvalue weighted by molar-refractivity contribution is 7.22. The van der Waals surface area contributed by atoms with Crippen LogP contribution in [-0.2, 0) is 0 Å². The minimum atomic E-state index is -4.09. The molecule has 0 radical (unpaired) electrons. The fourth-order valence-corrected chi connectivity index (χ4v) is 1.75. The van der Waals surface area contributed by atoms with Crippen molar-refractivity contribution in [2.45, 2.75) is 25.2 Å². The van der Waals surface area contributed by atoms with Crippen molar-refractivity contribution in [1.82, 2.24) is 0 Å². The van der Waals surface area contributed by atoms with E-state index in [1.807, 2.05) is 0 Å². The number of hydrogen-bond acceptors (Lipinski definition) is 0. The largest absolute Gasteiger partial charge is 0.388 e. The first-order valence-corrected chi connectivity index (χ1v) is 6.96. The van der Waals surface area contributed by atoms with Crippen LogP contribution >= 0.6 is 11.1 Å². The molecule has 0 heterocycles. The quantitative estimate of drug-likeness (QED) is 0.486. The summed E-state index contributed by atoms with van der Waals surface area (Å²) in [6, 6.07) is 0.0154. The topological polar surface area (TPSA) is 0 Å². The van der Waals surface area contributed by atoms with Gasteiger partial charge in [0.05, 0.1) is 0 Å². The van der Waals surface area contributed by atoms with Crippen LogP contribution in [0.5, 0.6) is 0 Å². The Hall–Kier alpha value is 0.0369. The molecule has 0 amide bonds. The summed E-state index contributed by atoms with van der Waals surface area (Å²) in [4.78, 5) is 0. The predicted molar refractivity (Wildman–Crippen MR) is 43.1 cm³/mol. The van der Waals surface area contributed by atoms with Crippen molar-refractivity contribution < 1.29 is 13.2 Å². The highest BCUT2D eigenvalue weighted by Gasteiger charge is 2.31. The first kappa shape index (κ1) is 11.0. The van der Waals surface area contributed by atoms with Crippen LogP contribution in [0.4, 0.5) is 13.2 Å². The number of alkyl halides is 3. The van der Waals surface area contributed by atoms with Gasteiger partial charge in [-0.15, -0.1) is 6.58 Å². The van der Waals surface area contributed by atoms with Gasteiger partial charge in [-0.25, -0.2) is 0 Å². The van der Waals surface area contributed by atoms with Crippen molar-refractivity contribution in [2.24, 2.45) is 0 Å². The van der Waals surface area contributed by atoms with Gasteiger partial charge >= 0.3 is 6.18 Å². The van der Waals surface area contributed by atoms with Crippen molar-refractivity contribution in [3.63, 3.8) is 0 Å². The maximum Gasteiger partial charge on any atom is 0.388 e. The molecule has 0 aliphatic carbocycles. The molecule has 1 unspecified atom stereocenters. The van der Waals surface area contributed by atoms with Gasteiger partial charge in [-0.2, -0.15) is 24.3 Å². The lowest BCUT2D eigenvalue weighted by Crippen LogP contribution is -2.22. The third-order valence-corrected chi connectivity index (χ3v) is 4.43. The molecule has 0 aromatic rings. The summed E-state index contributed by atoms with van der Waals surface area (Å²) >= 11 is 5.75. The van der Waals surface area contributed by atoms with E-state index in [9.17, 15) is 13.2 Å². The molecule has 11 heavy (non-hydrogen) atoms. The van der Waals surface area contributed by atoms with E-state index in [2.05, 4.69) is 6.58 Å². The Bertz CT molecular complexity index is 141. The molecule has 0 N–H and O–H groups in total. The van der Waals surface area contributed by atoms with E-state index in [-0.39, 0.29) is 6.04 Å². The van der Waals surface area contributed by atoms with E-state index in [4.69, 9.17) is 11.1 Å². The van der Waals surface area contributed by atoms with Gasteiger partial charge in [0.1, 0.15) is 0 Å². The van der Waals surface area contributed by atoms with Crippen LogP contribution in [-0.4, -0.2) is 13.6 Å². The Kier molecular flexibility index (Phi) is 3.64. The average molecular weight is 203 g/mol. The highest BCUT2D eigenvalue weighted by Crippen LogP contribution is 2.28. The minimum absolute atomic E-state index is 0.0154. The first-order chi connectivity index (χ1) is 4.77. The maximum atomic E-state index is 11.7. The molecule has 0 nitrogen and oxygen atoms in total. The summed E-state index contributed by atoms with van der Waals surface area (Å²) in [7, 11) is -2.27. The van der Waals surface area contributed by atoms with Crippen molar-refractivity contribution in [1.29, 1.82) is 0 Å². The van der Waals surface area contributed by atoms with Crippen LogP contribution in [0.1, 0.15) is 6.42 Å². The normalized spacial score (nSPS) is 17.5. The lowest BCUT2D eigenvalue weighted by atomic mass is 10.5. The molecule has 0 rings (SSSR count). The molecule has 0 aliphatic rings. The zero-order valence-corrected chi connectivity index (χ0v) is 7.97. The molecule has 1 atom stereocenters. The smallest absolute Gasteiger partial charge is 0.171 e. The molecule has 0 bridgehead atoms. The molecular weight excluding hydrogens is 193 g/mol. The van der Waals surface area contributed by atoms with Crippen LogP contribution in [0.3, 0.4) is 0 Å². The molecular formula is C6H10ClF3Si. The van der Waals surface area contributed by atoms with Crippen LogP contribution in [0.2, 0.25) is 12.6 Å². The van der Waals surface area contributed by atoms with Gasteiger partial charge in [0, 0.05) is 6.42 Å². The second kappa shape index (κ2) is 3.63. The van der Waals surface area contributed by atoms with Gasteiger partial charge in [-0.05, 0) is 6.04 Å². The van der Waals surface area contributed by atoms with Gasteiger partial charge in [0.25, 0.3) is 0 Å². The zero-order chi connectivity index (χ0) is 9.12. The molecule has 5 heteroatoms. The molecule has 0 saturated carbocycles. The van der Waals surface area contributed by atoms with E-state index in [1.165, 1.54) is 5.70 Å². The summed E-state index contributed by atoms with van der Waals surface area (Å²) in [5.41, 5.74) is 1.46. The SMILES string of the molecule is C=C[Si](C)(Cl)CCC(F)(F)F. The summed E-state index contributed by atoms with van der Waals surface area (Å²) < 4.78 is 35.0. The standard InChI is InChI=1S/C6H10ClF3Si/c1-3-11(2,7)5-4-6(8,9)10/h3H,1,4-5H2,2H3. The van der Waals surface area contributed by atoms with Crippen molar-refractivity contribution >= 4 is 18.5 Å². The van der Waals surface area contributed by atoms with Gasteiger partial charge in [-0.3, -0.25) is 0 Å². The number of rotatable bonds is 3. The zero-order valence-electron chi connectivity index (χ0n) is 6.21. The molecule has 0 spiro atoms. The molecule has 0 saturated heterocycles. The predicted octanol–water partition coefficient (Wildman–Crippen LogP) is 3.48. The van der Waals surface area contributed by atoms with E-state index >= 15 is 0 Å². The van der Waals surface area contributed by atoms with Gasteiger partial charge < -0.3 is 0 Å². The Labute approximate surface area is 69.8 Å². The lowest BCUT2D eigenvalue weighted by molar-refractivity contribution is -0.130. The number of halogens is 4. The maximum absolute atomic E-state index is 11.7. The van der Waals surface area contributed by atoms with Gasteiger partial charge in [0.15, 0.2) is 7.38 Å². The Balaban J connectivity index is 3.79. The average Bonchev–Trinajstić information content (AvgIpc) is 1.83. The fraction of sp³-hybridized carbons (Fsp3) is 0.667. The molecule has 66 valence electrons. The first-order valence-electron chi connectivity index (χ1n) is 3.16. The summed E-state index contributed by atoms with van der Waals surface area (Å²) in [6.45, 7) is 5.04.